The average Bonchev–Trinajstić information content (AvgIpc) is 3.11. The van der Waals surface area contributed by atoms with Crippen LogP contribution in [0.5, 0.6) is 17.2 Å². The van der Waals surface area contributed by atoms with Crippen LogP contribution in [-0.4, -0.2) is 29.3 Å². The molecule has 8 heteroatoms. The summed E-state index contributed by atoms with van der Waals surface area (Å²) in [5.74, 6) is 1.80. The molecule has 0 unspecified atom stereocenters. The van der Waals surface area contributed by atoms with E-state index in [1.165, 1.54) is 11.8 Å². The molecule has 0 bridgehead atoms. The molecule has 1 aliphatic rings. The summed E-state index contributed by atoms with van der Waals surface area (Å²) in [7, 11) is 3.20. The van der Waals surface area contributed by atoms with Gasteiger partial charge < -0.3 is 14.2 Å². The lowest BCUT2D eigenvalue weighted by Crippen LogP contribution is -2.27. The highest BCUT2D eigenvalue weighted by molar-refractivity contribution is 8.26. The molecule has 1 amide bonds. The number of thiocarbonyl (C=S) groups is 1. The molecule has 3 aromatic rings. The quantitative estimate of drug-likeness (QED) is 0.260. The van der Waals surface area contributed by atoms with Crippen LogP contribution < -0.4 is 14.2 Å². The lowest BCUT2D eigenvalue weighted by Gasteiger charge is -2.14. The van der Waals surface area contributed by atoms with Crippen LogP contribution >= 0.6 is 35.6 Å². The van der Waals surface area contributed by atoms with Crippen molar-refractivity contribution in [3.05, 3.63) is 93.3 Å². The van der Waals surface area contributed by atoms with Gasteiger partial charge in [0.25, 0.3) is 5.91 Å². The Morgan fingerprint density at radius 1 is 1.00 bits per heavy atom. The van der Waals surface area contributed by atoms with Crippen molar-refractivity contribution in [2.24, 2.45) is 0 Å². The summed E-state index contributed by atoms with van der Waals surface area (Å²) in [6, 6.07) is 20.6. The Balaban J connectivity index is 1.47. The molecular weight excluding hydrogens is 490 g/mol. The zero-order valence-corrected chi connectivity index (χ0v) is 21.0. The van der Waals surface area contributed by atoms with E-state index in [2.05, 4.69) is 0 Å². The number of methoxy groups -OCH3 is 2. The number of halogens is 1. The first-order valence-electron chi connectivity index (χ1n) is 10.4. The molecule has 0 radical (unpaired) electrons. The van der Waals surface area contributed by atoms with Gasteiger partial charge in [-0.2, -0.15) is 0 Å². The Labute approximate surface area is 213 Å². The standard InChI is InChI=1S/C26H22ClNO4S2/c1-30-20-10-7-17(8-11-20)15-28-25(29)24(34-26(28)33)14-18-9-12-22(23(13-18)31-2)32-16-19-5-3-4-6-21(19)27/h3-14H,15-16H2,1-2H3. The van der Waals surface area contributed by atoms with Crippen molar-refractivity contribution < 1.29 is 19.0 Å². The van der Waals surface area contributed by atoms with Gasteiger partial charge in [0.2, 0.25) is 0 Å². The van der Waals surface area contributed by atoms with Gasteiger partial charge >= 0.3 is 0 Å². The number of amides is 1. The van der Waals surface area contributed by atoms with E-state index in [9.17, 15) is 4.79 Å². The number of carbonyl (C=O) groups excluding carboxylic acids is 1. The largest absolute Gasteiger partial charge is 0.497 e. The van der Waals surface area contributed by atoms with E-state index in [4.69, 9.17) is 38.0 Å². The highest BCUT2D eigenvalue weighted by Crippen LogP contribution is 2.36. The van der Waals surface area contributed by atoms with E-state index < -0.39 is 0 Å². The van der Waals surface area contributed by atoms with Crippen LogP contribution in [0.3, 0.4) is 0 Å². The molecule has 1 heterocycles. The van der Waals surface area contributed by atoms with Gasteiger partial charge in [-0.25, -0.2) is 0 Å². The third kappa shape index (κ3) is 5.55. The van der Waals surface area contributed by atoms with Gasteiger partial charge in [-0.15, -0.1) is 0 Å². The Bertz CT molecular complexity index is 1240. The molecule has 3 aromatic carbocycles. The Morgan fingerprint density at radius 3 is 2.47 bits per heavy atom. The lowest BCUT2D eigenvalue weighted by atomic mass is 10.1. The normalized spacial score (nSPS) is 14.6. The monoisotopic (exact) mass is 511 g/mol. The number of thioether (sulfide) groups is 1. The van der Waals surface area contributed by atoms with Crippen molar-refractivity contribution in [3.63, 3.8) is 0 Å². The molecule has 4 rings (SSSR count). The van der Waals surface area contributed by atoms with Crippen LogP contribution in [0.2, 0.25) is 5.02 Å². The molecule has 0 aromatic heterocycles. The molecule has 1 aliphatic heterocycles. The van der Waals surface area contributed by atoms with Crippen molar-refractivity contribution in [1.82, 2.24) is 4.90 Å². The second-order valence-electron chi connectivity index (χ2n) is 7.41. The van der Waals surface area contributed by atoms with Gasteiger partial charge in [0, 0.05) is 10.6 Å². The summed E-state index contributed by atoms with van der Waals surface area (Å²) in [5, 5.41) is 0.648. The van der Waals surface area contributed by atoms with Crippen LogP contribution in [0, 0.1) is 0 Å². The van der Waals surface area contributed by atoms with Crippen molar-refractivity contribution >= 4 is 51.9 Å². The maximum atomic E-state index is 13.0. The van der Waals surface area contributed by atoms with Crippen molar-refractivity contribution in [2.75, 3.05) is 14.2 Å². The lowest BCUT2D eigenvalue weighted by molar-refractivity contribution is -0.122. The summed E-state index contributed by atoms with van der Waals surface area (Å²) in [4.78, 5) is 15.2. The summed E-state index contributed by atoms with van der Waals surface area (Å²) < 4.78 is 17.1. The second-order valence-corrected chi connectivity index (χ2v) is 9.49. The van der Waals surface area contributed by atoms with E-state index in [0.29, 0.717) is 38.9 Å². The van der Waals surface area contributed by atoms with Gasteiger partial charge in [0.05, 0.1) is 25.7 Å². The molecule has 0 N–H and O–H groups in total. The summed E-state index contributed by atoms with van der Waals surface area (Å²) in [6.45, 7) is 0.726. The highest BCUT2D eigenvalue weighted by atomic mass is 35.5. The molecule has 0 spiro atoms. The minimum Gasteiger partial charge on any atom is -0.497 e. The molecule has 1 fully saturated rings. The molecular formula is C26H22ClNO4S2. The molecule has 1 saturated heterocycles. The maximum Gasteiger partial charge on any atom is 0.266 e. The van der Waals surface area contributed by atoms with Gasteiger partial charge in [-0.3, -0.25) is 9.69 Å². The fraction of sp³-hybridized carbons (Fsp3) is 0.154. The van der Waals surface area contributed by atoms with E-state index in [1.807, 2.05) is 72.8 Å². The summed E-state index contributed by atoms with van der Waals surface area (Å²) in [6.07, 6.45) is 1.81. The highest BCUT2D eigenvalue weighted by Gasteiger charge is 2.32. The number of nitrogens with zero attached hydrogens (tertiary/aromatic N) is 1. The smallest absolute Gasteiger partial charge is 0.266 e. The van der Waals surface area contributed by atoms with Crippen molar-refractivity contribution in [2.45, 2.75) is 13.2 Å². The first kappa shape index (κ1) is 24.1. The molecule has 0 aliphatic carbocycles. The fourth-order valence-electron chi connectivity index (χ4n) is 3.37. The Kier molecular flexibility index (Phi) is 7.77. The number of carbonyl (C=O) groups is 1. The van der Waals surface area contributed by atoms with Gasteiger partial charge in [-0.05, 0) is 47.5 Å². The number of rotatable bonds is 8. The van der Waals surface area contributed by atoms with Gasteiger partial charge in [0.1, 0.15) is 16.7 Å². The summed E-state index contributed by atoms with van der Waals surface area (Å²) in [5.41, 5.74) is 2.67. The van der Waals surface area contributed by atoms with Gasteiger partial charge in [-0.1, -0.05) is 72.0 Å². The Hall–Kier alpha value is -3.00. The van der Waals surface area contributed by atoms with Gasteiger partial charge in [0.15, 0.2) is 11.5 Å². The van der Waals surface area contributed by atoms with Crippen molar-refractivity contribution in [1.29, 1.82) is 0 Å². The van der Waals surface area contributed by atoms with E-state index in [-0.39, 0.29) is 5.91 Å². The molecule has 5 nitrogen and oxygen atoms in total. The maximum absolute atomic E-state index is 13.0. The second kappa shape index (κ2) is 11.0. The zero-order valence-electron chi connectivity index (χ0n) is 18.6. The summed E-state index contributed by atoms with van der Waals surface area (Å²) >= 11 is 13.0. The number of benzene rings is 3. The van der Waals surface area contributed by atoms with E-state index in [1.54, 1.807) is 19.1 Å². The van der Waals surface area contributed by atoms with Crippen LogP contribution in [-0.2, 0) is 17.9 Å². The third-order valence-corrected chi connectivity index (χ3v) is 6.95. The van der Waals surface area contributed by atoms with Crippen molar-refractivity contribution in [3.8, 4) is 17.2 Å². The SMILES string of the molecule is COc1ccc(CN2C(=O)C(=Cc3ccc(OCc4ccccc4Cl)c(OC)c3)SC2=S)cc1. The van der Waals surface area contributed by atoms with Crippen LogP contribution in [0.4, 0.5) is 0 Å². The van der Waals surface area contributed by atoms with Crippen LogP contribution in [0.1, 0.15) is 16.7 Å². The Morgan fingerprint density at radius 2 is 1.76 bits per heavy atom. The number of hydrogen-bond acceptors (Lipinski definition) is 6. The first-order valence-corrected chi connectivity index (χ1v) is 12.0. The predicted octanol–water partition coefficient (Wildman–Crippen LogP) is 6.34. The first-order chi connectivity index (χ1) is 16.5. The van der Waals surface area contributed by atoms with Crippen LogP contribution in [0.15, 0.2) is 71.6 Å². The minimum absolute atomic E-state index is 0.121. The number of hydrogen-bond donors (Lipinski definition) is 0. The van der Waals surface area contributed by atoms with E-state index >= 15 is 0 Å². The zero-order chi connectivity index (χ0) is 24.1. The van der Waals surface area contributed by atoms with E-state index in [0.717, 1.165) is 22.4 Å². The topological polar surface area (TPSA) is 48.0 Å². The third-order valence-electron chi connectivity index (χ3n) is 5.20. The molecule has 0 atom stereocenters. The predicted molar refractivity (Wildman–Crippen MR) is 140 cm³/mol. The molecule has 34 heavy (non-hydrogen) atoms. The minimum atomic E-state index is -0.121. The molecule has 0 saturated carbocycles. The number of ether oxygens (including phenoxy) is 3. The fourth-order valence-corrected chi connectivity index (χ4v) is 4.81. The van der Waals surface area contributed by atoms with Crippen LogP contribution in [0.25, 0.3) is 6.08 Å². The molecule has 174 valence electrons. The average molecular weight is 512 g/mol.